The Morgan fingerprint density at radius 1 is 1.21 bits per heavy atom. The monoisotopic (exact) mass is 329 g/mol. The van der Waals surface area contributed by atoms with Crippen LogP contribution in [0.25, 0.3) is 0 Å². The van der Waals surface area contributed by atoms with Crippen molar-refractivity contribution >= 4 is 23.4 Å². The number of carbonyl (C=O) groups is 3. The van der Waals surface area contributed by atoms with Gasteiger partial charge in [-0.15, -0.1) is 0 Å². The summed E-state index contributed by atoms with van der Waals surface area (Å²) in [6, 6.07) is 5.89. The molecule has 24 heavy (non-hydrogen) atoms. The molecule has 0 aliphatic carbocycles. The smallest absolute Gasteiger partial charge is 0.228 e. The van der Waals surface area contributed by atoms with Crippen molar-refractivity contribution in [1.29, 1.82) is 0 Å². The average Bonchev–Trinajstić information content (AvgIpc) is 2.80. The van der Waals surface area contributed by atoms with E-state index >= 15 is 0 Å². The highest BCUT2D eigenvalue weighted by Crippen LogP contribution is 2.30. The molecule has 0 unspecified atom stereocenters. The van der Waals surface area contributed by atoms with E-state index in [1.165, 1.54) is 0 Å². The van der Waals surface area contributed by atoms with Gasteiger partial charge in [-0.05, 0) is 31.0 Å². The Kier molecular flexibility index (Phi) is 4.55. The molecular formula is C18H23N3O3. The fourth-order valence-corrected chi connectivity index (χ4v) is 3.38. The fourth-order valence-electron chi connectivity index (χ4n) is 3.38. The van der Waals surface area contributed by atoms with Gasteiger partial charge in [0.1, 0.15) is 0 Å². The molecule has 3 rings (SSSR count). The lowest BCUT2D eigenvalue weighted by Gasteiger charge is -2.24. The van der Waals surface area contributed by atoms with Crippen LogP contribution in [0.3, 0.4) is 0 Å². The largest absolute Gasteiger partial charge is 0.354 e. The van der Waals surface area contributed by atoms with Gasteiger partial charge in [-0.1, -0.05) is 12.1 Å². The number of rotatable bonds is 2. The molecule has 1 atom stereocenters. The summed E-state index contributed by atoms with van der Waals surface area (Å²) in [6.45, 7) is 5.85. The van der Waals surface area contributed by atoms with E-state index in [2.05, 4.69) is 5.32 Å². The maximum absolute atomic E-state index is 12.7. The molecule has 0 radical (unpaired) electrons. The van der Waals surface area contributed by atoms with Crippen molar-refractivity contribution in [2.24, 2.45) is 5.92 Å². The van der Waals surface area contributed by atoms with Crippen LogP contribution in [-0.2, 0) is 14.4 Å². The van der Waals surface area contributed by atoms with Gasteiger partial charge in [0.2, 0.25) is 17.7 Å². The van der Waals surface area contributed by atoms with E-state index in [9.17, 15) is 14.4 Å². The van der Waals surface area contributed by atoms with E-state index in [-0.39, 0.29) is 30.1 Å². The summed E-state index contributed by atoms with van der Waals surface area (Å²) in [7, 11) is 0. The zero-order valence-electron chi connectivity index (χ0n) is 14.2. The molecule has 0 saturated carbocycles. The maximum atomic E-state index is 12.7. The van der Waals surface area contributed by atoms with Crippen molar-refractivity contribution in [2.45, 2.75) is 26.7 Å². The van der Waals surface area contributed by atoms with Crippen LogP contribution in [0.2, 0.25) is 0 Å². The maximum Gasteiger partial charge on any atom is 0.228 e. The highest BCUT2D eigenvalue weighted by molar-refractivity contribution is 6.01. The number of benzene rings is 1. The van der Waals surface area contributed by atoms with Crippen LogP contribution in [-0.4, -0.2) is 48.8 Å². The minimum atomic E-state index is -0.328. The third-order valence-corrected chi connectivity index (χ3v) is 4.97. The summed E-state index contributed by atoms with van der Waals surface area (Å²) in [5.74, 6) is -0.380. The highest BCUT2D eigenvalue weighted by atomic mass is 16.2. The van der Waals surface area contributed by atoms with Gasteiger partial charge in [0, 0.05) is 44.7 Å². The Morgan fingerprint density at radius 3 is 2.79 bits per heavy atom. The second-order valence-electron chi connectivity index (χ2n) is 6.55. The van der Waals surface area contributed by atoms with E-state index in [0.717, 1.165) is 16.8 Å². The quantitative estimate of drug-likeness (QED) is 0.880. The fraction of sp³-hybridized carbons (Fsp3) is 0.500. The Balaban J connectivity index is 1.73. The summed E-state index contributed by atoms with van der Waals surface area (Å²) in [5.41, 5.74) is 3.10. The minimum Gasteiger partial charge on any atom is -0.354 e. The van der Waals surface area contributed by atoms with Crippen molar-refractivity contribution in [3.63, 3.8) is 0 Å². The van der Waals surface area contributed by atoms with E-state index in [4.69, 9.17) is 0 Å². The number of carbonyl (C=O) groups excluding carboxylic acids is 3. The van der Waals surface area contributed by atoms with Crippen LogP contribution in [0.4, 0.5) is 5.69 Å². The number of anilines is 1. The number of hydrogen-bond donors (Lipinski definition) is 1. The Hall–Kier alpha value is -2.37. The van der Waals surface area contributed by atoms with E-state index in [1.54, 1.807) is 9.80 Å². The van der Waals surface area contributed by atoms with Gasteiger partial charge in [-0.3, -0.25) is 14.4 Å². The van der Waals surface area contributed by atoms with Crippen LogP contribution >= 0.6 is 0 Å². The van der Waals surface area contributed by atoms with Gasteiger partial charge >= 0.3 is 0 Å². The number of aryl methyl sites for hydroxylation is 1. The molecule has 1 aromatic carbocycles. The summed E-state index contributed by atoms with van der Waals surface area (Å²) in [4.78, 5) is 40.0. The number of amides is 3. The molecule has 6 nitrogen and oxygen atoms in total. The first-order chi connectivity index (χ1) is 11.5. The van der Waals surface area contributed by atoms with Gasteiger partial charge in [-0.25, -0.2) is 0 Å². The van der Waals surface area contributed by atoms with Crippen LogP contribution < -0.4 is 10.2 Å². The van der Waals surface area contributed by atoms with Crippen LogP contribution in [0, 0.1) is 19.8 Å². The predicted molar refractivity (Wildman–Crippen MR) is 90.6 cm³/mol. The third kappa shape index (κ3) is 3.13. The lowest BCUT2D eigenvalue weighted by Crippen LogP contribution is -2.39. The minimum absolute atomic E-state index is 0.00827. The molecule has 128 valence electrons. The molecule has 1 aromatic rings. The highest BCUT2D eigenvalue weighted by Gasteiger charge is 2.38. The van der Waals surface area contributed by atoms with Crippen molar-refractivity contribution in [1.82, 2.24) is 10.2 Å². The second kappa shape index (κ2) is 6.63. The van der Waals surface area contributed by atoms with Gasteiger partial charge in [-0.2, -0.15) is 0 Å². The zero-order chi connectivity index (χ0) is 17.3. The topological polar surface area (TPSA) is 69.7 Å². The van der Waals surface area contributed by atoms with Gasteiger partial charge in [0.25, 0.3) is 0 Å². The number of hydrogen-bond acceptors (Lipinski definition) is 3. The molecule has 2 saturated heterocycles. The Labute approximate surface area is 141 Å². The standard InChI is InChI=1S/C18H23N3O3/c1-12-4-3-5-15(13(12)2)21-11-14(10-17(21)23)18(24)20-8-6-16(22)19-7-9-20/h3-5,14H,6-11H2,1-2H3,(H,19,22)/t14-/m0/s1. The van der Waals surface area contributed by atoms with E-state index in [1.807, 2.05) is 32.0 Å². The van der Waals surface area contributed by atoms with Crippen LogP contribution in [0.15, 0.2) is 18.2 Å². The van der Waals surface area contributed by atoms with Crippen molar-refractivity contribution in [2.75, 3.05) is 31.1 Å². The van der Waals surface area contributed by atoms with E-state index in [0.29, 0.717) is 32.6 Å². The van der Waals surface area contributed by atoms with E-state index < -0.39 is 0 Å². The molecule has 6 heteroatoms. The van der Waals surface area contributed by atoms with Gasteiger partial charge < -0.3 is 15.1 Å². The molecule has 0 bridgehead atoms. The lowest BCUT2D eigenvalue weighted by atomic mass is 10.1. The normalized spacial score (nSPS) is 21.7. The number of nitrogens with zero attached hydrogens (tertiary/aromatic N) is 2. The SMILES string of the molecule is Cc1cccc(N2C[C@@H](C(=O)N3CCNC(=O)CC3)CC2=O)c1C. The molecule has 2 heterocycles. The van der Waals surface area contributed by atoms with Gasteiger partial charge in [0.15, 0.2) is 0 Å². The Bertz CT molecular complexity index is 686. The summed E-state index contributed by atoms with van der Waals surface area (Å²) >= 11 is 0. The lowest BCUT2D eigenvalue weighted by molar-refractivity contribution is -0.135. The molecule has 2 fully saturated rings. The molecule has 2 aliphatic rings. The third-order valence-electron chi connectivity index (χ3n) is 4.97. The molecule has 2 aliphatic heterocycles. The van der Waals surface area contributed by atoms with Crippen molar-refractivity contribution in [3.8, 4) is 0 Å². The molecule has 0 spiro atoms. The molecule has 0 aromatic heterocycles. The first kappa shape index (κ1) is 16.5. The average molecular weight is 329 g/mol. The summed E-state index contributed by atoms with van der Waals surface area (Å²) < 4.78 is 0. The summed E-state index contributed by atoms with van der Waals surface area (Å²) in [6.07, 6.45) is 0.567. The first-order valence-electron chi connectivity index (χ1n) is 8.39. The van der Waals surface area contributed by atoms with Gasteiger partial charge in [0.05, 0.1) is 5.92 Å². The predicted octanol–water partition coefficient (Wildman–Crippen LogP) is 1.00. The first-order valence-corrected chi connectivity index (χ1v) is 8.39. The van der Waals surface area contributed by atoms with Crippen LogP contribution in [0.5, 0.6) is 0 Å². The Morgan fingerprint density at radius 2 is 2.00 bits per heavy atom. The van der Waals surface area contributed by atoms with Crippen molar-refractivity contribution < 1.29 is 14.4 Å². The molecule has 1 N–H and O–H groups in total. The van der Waals surface area contributed by atoms with Crippen LogP contribution in [0.1, 0.15) is 24.0 Å². The zero-order valence-corrected chi connectivity index (χ0v) is 14.2. The molecule has 3 amide bonds. The second-order valence-corrected chi connectivity index (χ2v) is 6.55. The molecular weight excluding hydrogens is 306 g/mol. The number of nitrogens with one attached hydrogen (secondary N) is 1. The summed E-state index contributed by atoms with van der Waals surface area (Å²) in [5, 5.41) is 2.77. The van der Waals surface area contributed by atoms with Crippen molar-refractivity contribution in [3.05, 3.63) is 29.3 Å².